The first-order valence-electron chi connectivity index (χ1n) is 10.2. The molecule has 5 nitrogen and oxygen atoms in total. The number of carbonyl (C=O) groups excluding carboxylic acids is 1. The Kier molecular flexibility index (Phi) is 6.36. The number of carbonyl (C=O) groups is 1. The van der Waals surface area contributed by atoms with Crippen LogP contribution in [-0.2, 0) is 17.8 Å². The Bertz CT molecular complexity index is 833. The quantitative estimate of drug-likeness (QED) is 0.675. The van der Waals surface area contributed by atoms with Crippen molar-refractivity contribution in [1.29, 1.82) is 0 Å². The molecule has 0 N–H and O–H groups in total. The molecule has 0 unspecified atom stereocenters. The zero-order valence-corrected chi connectivity index (χ0v) is 18.0. The maximum atomic E-state index is 12.1. The molecule has 5 heteroatoms. The third-order valence-electron chi connectivity index (χ3n) is 5.02. The maximum absolute atomic E-state index is 12.1. The van der Waals surface area contributed by atoms with E-state index in [1.54, 1.807) is 12.0 Å². The summed E-state index contributed by atoms with van der Waals surface area (Å²) in [6.07, 6.45) is 0.776. The number of amides is 1. The van der Waals surface area contributed by atoms with E-state index >= 15 is 0 Å². The molecule has 0 radical (unpaired) electrons. The fraction of sp³-hybridized carbons (Fsp3) is 0.458. The van der Waals surface area contributed by atoms with E-state index in [1.165, 1.54) is 5.56 Å². The second-order valence-corrected chi connectivity index (χ2v) is 8.45. The molecule has 2 aromatic carbocycles. The van der Waals surface area contributed by atoms with Crippen LogP contribution in [0.2, 0.25) is 0 Å². The van der Waals surface area contributed by atoms with Crippen LogP contribution in [0.15, 0.2) is 42.5 Å². The molecule has 2 aromatic rings. The zero-order chi connectivity index (χ0) is 21.0. The number of hydrogen-bond acceptors (Lipinski definition) is 4. The minimum Gasteiger partial charge on any atom is -0.493 e. The third-order valence-corrected chi connectivity index (χ3v) is 5.02. The van der Waals surface area contributed by atoms with Crippen molar-refractivity contribution < 1.29 is 19.0 Å². The molecule has 29 heavy (non-hydrogen) atoms. The lowest BCUT2D eigenvalue weighted by atomic mass is 9.91. The minimum atomic E-state index is -0.471. The van der Waals surface area contributed by atoms with Crippen molar-refractivity contribution in [2.75, 3.05) is 20.2 Å². The Hall–Kier alpha value is -2.69. The van der Waals surface area contributed by atoms with Crippen molar-refractivity contribution in [3.63, 3.8) is 0 Å². The monoisotopic (exact) mass is 397 g/mol. The highest BCUT2D eigenvalue weighted by Crippen LogP contribution is 2.35. The van der Waals surface area contributed by atoms with Crippen LogP contribution in [0.25, 0.3) is 0 Å². The number of aryl methyl sites for hydroxylation is 1. The molecule has 0 aliphatic carbocycles. The average molecular weight is 398 g/mol. The lowest BCUT2D eigenvalue weighted by molar-refractivity contribution is 0.00818. The average Bonchev–Trinajstić information content (AvgIpc) is 2.64. The summed E-state index contributed by atoms with van der Waals surface area (Å²) in [5, 5.41) is 0. The van der Waals surface area contributed by atoms with Crippen LogP contribution in [0.5, 0.6) is 11.5 Å². The molecule has 0 saturated carbocycles. The van der Waals surface area contributed by atoms with Gasteiger partial charge in [-0.05, 0) is 56.0 Å². The highest BCUT2D eigenvalue weighted by molar-refractivity contribution is 5.69. The second-order valence-electron chi connectivity index (χ2n) is 8.45. The molecule has 1 heterocycles. The summed E-state index contributed by atoms with van der Waals surface area (Å²) in [6.45, 7) is 9.59. The maximum Gasteiger partial charge on any atom is 0.410 e. The number of likely N-dealkylation sites (tertiary alicyclic amines) is 1. The topological polar surface area (TPSA) is 48.0 Å². The summed E-state index contributed by atoms with van der Waals surface area (Å²) in [7, 11) is 1.65. The molecule has 1 fully saturated rings. The zero-order valence-electron chi connectivity index (χ0n) is 18.0. The largest absolute Gasteiger partial charge is 0.493 e. The Balaban J connectivity index is 1.58. The van der Waals surface area contributed by atoms with E-state index in [-0.39, 0.29) is 12.0 Å². The third kappa shape index (κ3) is 5.43. The van der Waals surface area contributed by atoms with Crippen LogP contribution < -0.4 is 9.47 Å². The van der Waals surface area contributed by atoms with Gasteiger partial charge in [0.1, 0.15) is 12.2 Å². The van der Waals surface area contributed by atoms with Crippen LogP contribution in [0.1, 0.15) is 50.3 Å². The van der Waals surface area contributed by atoms with E-state index in [0.717, 1.165) is 23.3 Å². The molecule has 0 aromatic heterocycles. The van der Waals surface area contributed by atoms with Gasteiger partial charge in [0.2, 0.25) is 0 Å². The molecule has 1 aliphatic rings. The van der Waals surface area contributed by atoms with Crippen LogP contribution in [0.3, 0.4) is 0 Å². The fourth-order valence-electron chi connectivity index (χ4n) is 3.25. The van der Waals surface area contributed by atoms with Gasteiger partial charge in [0.15, 0.2) is 11.5 Å². The van der Waals surface area contributed by atoms with E-state index in [9.17, 15) is 4.79 Å². The standard InChI is InChI=1S/C24H31NO4/c1-6-17-7-9-18(10-8-17)16-28-21-12-11-19(13-22(21)27-5)20-14-25(15-20)23(26)29-24(2,3)4/h7-13,20H,6,14-16H2,1-5H3. The molecule has 0 bridgehead atoms. The number of ether oxygens (including phenoxy) is 3. The van der Waals surface area contributed by atoms with E-state index in [1.807, 2.05) is 32.9 Å². The molecule has 1 saturated heterocycles. The predicted octanol–water partition coefficient (Wildman–Crippen LogP) is 5.17. The van der Waals surface area contributed by atoms with Gasteiger partial charge in [0.25, 0.3) is 0 Å². The van der Waals surface area contributed by atoms with Crippen molar-refractivity contribution in [1.82, 2.24) is 4.90 Å². The summed E-state index contributed by atoms with van der Waals surface area (Å²) < 4.78 is 16.9. The number of rotatable bonds is 6. The normalized spacial score (nSPS) is 14.3. The van der Waals surface area contributed by atoms with Crippen LogP contribution in [0, 0.1) is 0 Å². The van der Waals surface area contributed by atoms with Gasteiger partial charge in [0.05, 0.1) is 7.11 Å². The summed E-state index contributed by atoms with van der Waals surface area (Å²) in [5.74, 6) is 1.72. The van der Waals surface area contributed by atoms with Crippen molar-refractivity contribution in [3.8, 4) is 11.5 Å². The van der Waals surface area contributed by atoms with Crippen LogP contribution in [0.4, 0.5) is 4.79 Å². The first kappa shape index (κ1) is 21.0. The Labute approximate surface area is 173 Å². The van der Waals surface area contributed by atoms with Crippen molar-refractivity contribution >= 4 is 6.09 Å². The van der Waals surface area contributed by atoms with Gasteiger partial charge in [-0.15, -0.1) is 0 Å². The first-order chi connectivity index (χ1) is 13.8. The molecule has 0 spiro atoms. The predicted molar refractivity (Wildman–Crippen MR) is 114 cm³/mol. The van der Waals surface area contributed by atoms with E-state index in [2.05, 4.69) is 37.3 Å². The van der Waals surface area contributed by atoms with Crippen molar-refractivity contribution in [2.45, 2.75) is 52.2 Å². The molecular formula is C24H31NO4. The summed E-state index contributed by atoms with van der Waals surface area (Å²) in [5.41, 5.74) is 3.11. The Morgan fingerprint density at radius 2 is 1.69 bits per heavy atom. The van der Waals surface area contributed by atoms with Gasteiger partial charge in [0, 0.05) is 19.0 Å². The molecule has 156 valence electrons. The highest BCUT2D eigenvalue weighted by Gasteiger charge is 2.34. The molecule has 0 atom stereocenters. The van der Waals surface area contributed by atoms with Gasteiger partial charge in [-0.2, -0.15) is 0 Å². The van der Waals surface area contributed by atoms with Crippen molar-refractivity contribution in [3.05, 3.63) is 59.2 Å². The first-order valence-corrected chi connectivity index (χ1v) is 10.2. The number of nitrogens with zero attached hydrogens (tertiary/aromatic N) is 1. The van der Waals surface area contributed by atoms with E-state index in [0.29, 0.717) is 25.4 Å². The number of hydrogen-bond donors (Lipinski definition) is 0. The van der Waals surface area contributed by atoms with Gasteiger partial charge < -0.3 is 19.1 Å². The van der Waals surface area contributed by atoms with Gasteiger partial charge in [-0.25, -0.2) is 4.79 Å². The number of methoxy groups -OCH3 is 1. The molecule has 3 rings (SSSR count). The van der Waals surface area contributed by atoms with Gasteiger partial charge in [-0.1, -0.05) is 37.3 Å². The Morgan fingerprint density at radius 3 is 2.28 bits per heavy atom. The smallest absolute Gasteiger partial charge is 0.410 e. The van der Waals surface area contributed by atoms with Gasteiger partial charge >= 0.3 is 6.09 Å². The highest BCUT2D eigenvalue weighted by atomic mass is 16.6. The molecular weight excluding hydrogens is 366 g/mol. The molecule has 1 amide bonds. The summed E-state index contributed by atoms with van der Waals surface area (Å²) in [4.78, 5) is 13.8. The summed E-state index contributed by atoms with van der Waals surface area (Å²) >= 11 is 0. The van der Waals surface area contributed by atoms with Gasteiger partial charge in [-0.3, -0.25) is 0 Å². The molecule has 1 aliphatic heterocycles. The van der Waals surface area contributed by atoms with Crippen LogP contribution in [-0.4, -0.2) is 36.8 Å². The fourth-order valence-corrected chi connectivity index (χ4v) is 3.25. The lowest BCUT2D eigenvalue weighted by Gasteiger charge is -2.40. The SMILES string of the molecule is CCc1ccc(COc2ccc(C3CN(C(=O)OC(C)(C)C)C3)cc2OC)cc1. The lowest BCUT2D eigenvalue weighted by Crippen LogP contribution is -2.50. The van der Waals surface area contributed by atoms with Crippen LogP contribution >= 0.6 is 0 Å². The Morgan fingerprint density at radius 1 is 1.03 bits per heavy atom. The summed E-state index contributed by atoms with van der Waals surface area (Å²) in [6, 6.07) is 14.5. The minimum absolute atomic E-state index is 0.255. The second kappa shape index (κ2) is 8.76. The van der Waals surface area contributed by atoms with E-state index in [4.69, 9.17) is 14.2 Å². The van der Waals surface area contributed by atoms with Crippen molar-refractivity contribution in [2.24, 2.45) is 0 Å². The number of benzene rings is 2. The van der Waals surface area contributed by atoms with E-state index < -0.39 is 5.60 Å².